The third-order valence-corrected chi connectivity index (χ3v) is 10.3. The van der Waals surface area contributed by atoms with Crippen molar-refractivity contribution in [2.75, 3.05) is 31.9 Å². The number of amides is 1. The maximum absolute atomic E-state index is 13.2. The van der Waals surface area contributed by atoms with Crippen molar-refractivity contribution in [1.29, 1.82) is 0 Å². The number of benzene rings is 3. The Labute approximate surface area is 289 Å². The lowest BCUT2D eigenvalue weighted by molar-refractivity contribution is 0.0713. The van der Waals surface area contributed by atoms with Gasteiger partial charge in [0.1, 0.15) is 17.1 Å². The number of carbonyl (C=O) groups is 2. The number of aldehydes is 1. The minimum Gasteiger partial charge on any atom is -0.507 e. The fraction of sp³-hybridized carbons (Fsp3) is 0.225. The summed E-state index contributed by atoms with van der Waals surface area (Å²) >= 11 is 0. The zero-order valence-electron chi connectivity index (χ0n) is 27.6. The first kappa shape index (κ1) is 31.4. The molecule has 2 aliphatic heterocycles. The van der Waals surface area contributed by atoms with E-state index in [0.717, 1.165) is 72.6 Å². The lowest BCUT2D eigenvalue weighted by Gasteiger charge is -2.39. The van der Waals surface area contributed by atoms with Crippen molar-refractivity contribution in [3.63, 3.8) is 0 Å². The van der Waals surface area contributed by atoms with Gasteiger partial charge in [-0.2, -0.15) is 0 Å². The molecular weight excluding hydrogens is 626 g/mol. The minimum absolute atomic E-state index is 0.0938. The van der Waals surface area contributed by atoms with Gasteiger partial charge in [0.15, 0.2) is 17.8 Å². The van der Waals surface area contributed by atoms with Gasteiger partial charge in [-0.3, -0.25) is 19.1 Å². The van der Waals surface area contributed by atoms with Crippen molar-refractivity contribution in [1.82, 2.24) is 29.3 Å². The van der Waals surface area contributed by atoms with Crippen LogP contribution in [0.2, 0.25) is 0 Å². The summed E-state index contributed by atoms with van der Waals surface area (Å²) in [6, 6.07) is 31.0. The molecule has 0 saturated carbocycles. The molecule has 10 heteroatoms. The molecule has 8 rings (SSSR count). The summed E-state index contributed by atoms with van der Waals surface area (Å²) in [5.41, 5.74) is 13.4. The van der Waals surface area contributed by atoms with E-state index in [4.69, 9.17) is 15.7 Å². The van der Waals surface area contributed by atoms with E-state index in [9.17, 15) is 14.7 Å². The third-order valence-electron chi connectivity index (χ3n) is 10.3. The smallest absolute Gasteiger partial charge is 0.254 e. The highest BCUT2D eigenvalue weighted by molar-refractivity contribution is 5.96. The van der Waals surface area contributed by atoms with Crippen molar-refractivity contribution in [3.05, 3.63) is 120 Å². The maximum Gasteiger partial charge on any atom is 0.254 e. The van der Waals surface area contributed by atoms with Crippen molar-refractivity contribution >= 4 is 29.2 Å². The second kappa shape index (κ2) is 12.9. The summed E-state index contributed by atoms with van der Waals surface area (Å²) in [7, 11) is 0. The fourth-order valence-corrected chi connectivity index (χ4v) is 7.43. The number of nitrogens with two attached hydrogens (primary N) is 1. The van der Waals surface area contributed by atoms with Crippen LogP contribution in [0.3, 0.4) is 0 Å². The molecule has 0 atom stereocenters. The molecule has 0 unspecified atom stereocenters. The summed E-state index contributed by atoms with van der Waals surface area (Å²) in [5, 5.41) is 10.1. The van der Waals surface area contributed by atoms with Crippen molar-refractivity contribution in [2.24, 2.45) is 5.41 Å². The predicted octanol–water partition coefficient (Wildman–Crippen LogP) is 6.38. The Morgan fingerprint density at radius 3 is 2.40 bits per heavy atom. The zero-order chi connectivity index (χ0) is 34.2. The summed E-state index contributed by atoms with van der Waals surface area (Å²) in [6.45, 7) is 4.18. The zero-order valence-corrected chi connectivity index (χ0v) is 27.6. The number of fused-ring (bicyclic) bond motifs is 1. The second-order valence-corrected chi connectivity index (χ2v) is 13.4. The van der Waals surface area contributed by atoms with E-state index in [0.29, 0.717) is 36.6 Å². The van der Waals surface area contributed by atoms with Gasteiger partial charge in [-0.05, 0) is 97.9 Å². The first-order chi connectivity index (χ1) is 24.4. The lowest BCUT2D eigenvalue weighted by atomic mass is 9.77. The van der Waals surface area contributed by atoms with E-state index in [1.807, 2.05) is 47.4 Å². The average Bonchev–Trinajstić information content (AvgIpc) is 3.75. The van der Waals surface area contributed by atoms with Gasteiger partial charge in [0, 0.05) is 42.6 Å². The molecule has 50 heavy (non-hydrogen) atoms. The van der Waals surface area contributed by atoms with Crippen LogP contribution in [0.4, 0.5) is 5.82 Å². The molecule has 2 aliphatic rings. The summed E-state index contributed by atoms with van der Waals surface area (Å²) in [6.07, 6.45) is 5.29. The molecule has 3 N–H and O–H groups in total. The molecule has 3 aromatic carbocycles. The highest BCUT2D eigenvalue weighted by atomic mass is 16.3. The van der Waals surface area contributed by atoms with Crippen LogP contribution in [0, 0.1) is 5.41 Å². The van der Waals surface area contributed by atoms with E-state index < -0.39 is 0 Å². The molecule has 6 aromatic rings. The number of aromatic hydroxyl groups is 1. The minimum atomic E-state index is -0.160. The van der Waals surface area contributed by atoms with Crippen molar-refractivity contribution in [3.8, 4) is 34.1 Å². The van der Waals surface area contributed by atoms with E-state index in [-0.39, 0.29) is 22.6 Å². The number of nitrogen functional groups attached to an aromatic ring is 1. The number of anilines is 1. The average molecular weight is 664 g/mol. The number of phenols is 1. The number of imidazole rings is 1. The second-order valence-electron chi connectivity index (χ2n) is 13.4. The van der Waals surface area contributed by atoms with E-state index in [2.05, 4.69) is 50.8 Å². The Morgan fingerprint density at radius 2 is 1.66 bits per heavy atom. The summed E-state index contributed by atoms with van der Waals surface area (Å²) in [5.74, 6) is 0.848. The Bertz CT molecular complexity index is 2210. The third kappa shape index (κ3) is 5.88. The van der Waals surface area contributed by atoms with Crippen LogP contribution in [-0.4, -0.2) is 72.8 Å². The number of phenolic OH excluding ortho intramolecular Hbond substituents is 1. The van der Waals surface area contributed by atoms with Gasteiger partial charge in [-0.1, -0.05) is 42.5 Å². The van der Waals surface area contributed by atoms with Gasteiger partial charge in [0.05, 0.1) is 16.8 Å². The molecule has 1 spiro atoms. The van der Waals surface area contributed by atoms with Gasteiger partial charge in [-0.25, -0.2) is 15.0 Å². The Morgan fingerprint density at radius 1 is 0.880 bits per heavy atom. The summed E-state index contributed by atoms with van der Waals surface area (Å²) in [4.78, 5) is 43.0. The molecule has 250 valence electrons. The van der Waals surface area contributed by atoms with Gasteiger partial charge >= 0.3 is 0 Å². The molecular formula is C40H37N7O3. The Kier molecular flexibility index (Phi) is 8.08. The largest absolute Gasteiger partial charge is 0.507 e. The molecule has 5 heterocycles. The number of pyridine rings is 2. The topological polar surface area (TPSA) is 130 Å². The molecule has 2 saturated heterocycles. The quantitative estimate of drug-likeness (QED) is 0.188. The highest BCUT2D eigenvalue weighted by Gasteiger charge is 2.42. The van der Waals surface area contributed by atoms with E-state index in [1.54, 1.807) is 12.3 Å². The van der Waals surface area contributed by atoms with Gasteiger partial charge < -0.3 is 15.7 Å². The molecule has 0 aliphatic carbocycles. The predicted molar refractivity (Wildman–Crippen MR) is 193 cm³/mol. The molecule has 10 nitrogen and oxygen atoms in total. The number of rotatable bonds is 7. The SMILES string of the molecule is Nc1ncccc1-c1nc2ccc(-c3ccccc3)nc2n1-c1ccc(CN2CCC3(CC2)CCN(C(=O)c2ccc(C=O)c(O)c2)C3)cc1. The lowest BCUT2D eigenvalue weighted by Crippen LogP contribution is -2.41. The van der Waals surface area contributed by atoms with Crippen LogP contribution < -0.4 is 5.73 Å². The van der Waals surface area contributed by atoms with Gasteiger partial charge in [-0.15, -0.1) is 0 Å². The number of hydrogen-bond donors (Lipinski definition) is 2. The fourth-order valence-electron chi connectivity index (χ4n) is 7.43. The molecule has 1 amide bonds. The standard InChI is InChI=1S/C40H37N7O3/c41-36-32(7-4-19-42-36)37-44-34-15-14-33(28-5-2-1-3-6-28)43-38(34)47(37)31-12-8-27(9-13-31)24-45-20-16-40(17-21-45)18-22-46(26-40)39(50)29-10-11-30(25-48)35(49)23-29/h1-15,19,23,25,49H,16-18,20-22,24,26H2,(H2,41,42). The Balaban J connectivity index is 0.985. The summed E-state index contributed by atoms with van der Waals surface area (Å²) < 4.78 is 2.06. The normalized spacial score (nSPS) is 15.9. The van der Waals surface area contributed by atoms with E-state index in [1.165, 1.54) is 17.7 Å². The van der Waals surface area contributed by atoms with Gasteiger partial charge in [0.25, 0.3) is 5.91 Å². The van der Waals surface area contributed by atoms with Crippen molar-refractivity contribution < 1.29 is 14.7 Å². The van der Waals surface area contributed by atoms with Crippen LogP contribution in [0.5, 0.6) is 5.75 Å². The number of nitrogens with zero attached hydrogens (tertiary/aromatic N) is 6. The monoisotopic (exact) mass is 663 g/mol. The van der Waals surface area contributed by atoms with E-state index >= 15 is 0 Å². The Hall–Kier alpha value is -5.87. The van der Waals surface area contributed by atoms with Crippen LogP contribution >= 0.6 is 0 Å². The highest BCUT2D eigenvalue weighted by Crippen LogP contribution is 2.41. The first-order valence-corrected chi connectivity index (χ1v) is 16.9. The maximum atomic E-state index is 13.2. The molecule has 0 radical (unpaired) electrons. The van der Waals surface area contributed by atoms with Crippen LogP contribution in [0.15, 0.2) is 103 Å². The first-order valence-electron chi connectivity index (χ1n) is 16.9. The number of hydrogen-bond acceptors (Lipinski definition) is 8. The van der Waals surface area contributed by atoms with Crippen LogP contribution in [0.1, 0.15) is 45.5 Å². The molecule has 0 bridgehead atoms. The van der Waals surface area contributed by atoms with Crippen LogP contribution in [0.25, 0.3) is 39.5 Å². The van der Waals surface area contributed by atoms with Gasteiger partial charge in [0.2, 0.25) is 0 Å². The number of piperidine rings is 1. The van der Waals surface area contributed by atoms with Crippen LogP contribution in [-0.2, 0) is 6.54 Å². The molecule has 3 aromatic heterocycles. The molecule has 2 fully saturated rings. The number of aromatic nitrogens is 4. The number of carbonyl (C=O) groups excluding carboxylic acids is 2. The number of likely N-dealkylation sites (tertiary alicyclic amines) is 2. The van der Waals surface area contributed by atoms with Crippen molar-refractivity contribution in [2.45, 2.75) is 25.8 Å².